The fourth-order valence-electron chi connectivity index (χ4n) is 8.13. The number of aromatic amines is 1. The molecule has 3 heterocycles. The van der Waals surface area contributed by atoms with Crippen molar-refractivity contribution >= 4 is 0 Å². The second-order valence-electron chi connectivity index (χ2n) is 18.2. The van der Waals surface area contributed by atoms with Gasteiger partial charge in [0, 0.05) is 17.5 Å². The molecule has 3 aromatic heterocycles. The Kier molecular flexibility index (Phi) is 8.53. The highest BCUT2D eigenvalue weighted by molar-refractivity contribution is 5.86. The highest BCUT2D eigenvalue weighted by Gasteiger charge is 2.48. The number of nitrogens with one attached hydrogen (secondary N) is 1. The largest absolute Gasteiger partial charge is 0.507 e. The molecular formula is C51H51N3O. The van der Waals surface area contributed by atoms with Crippen LogP contribution in [0.5, 0.6) is 5.75 Å². The second kappa shape index (κ2) is 12.9. The van der Waals surface area contributed by atoms with E-state index in [2.05, 4.69) is 170 Å². The number of phenolic OH excluding ortho intramolecular Hbond substituents is 1. The maximum absolute atomic E-state index is 11.1. The molecule has 1 aliphatic rings. The van der Waals surface area contributed by atoms with E-state index >= 15 is 0 Å². The Hall–Kier alpha value is -5.74. The van der Waals surface area contributed by atoms with Gasteiger partial charge in [-0.25, -0.2) is 4.98 Å². The lowest BCUT2D eigenvalue weighted by Crippen LogP contribution is -2.31. The zero-order valence-corrected chi connectivity index (χ0v) is 33.5. The number of nitrogens with zero attached hydrogens (tertiary/aromatic N) is 2. The Morgan fingerprint density at radius 2 is 1.04 bits per heavy atom. The molecule has 4 heteroatoms. The fraction of sp³-hybridized carbons (Fsp3) is 0.255. The van der Waals surface area contributed by atoms with E-state index < -0.39 is 5.41 Å². The Morgan fingerprint density at radius 1 is 0.509 bits per heavy atom. The van der Waals surface area contributed by atoms with Crippen molar-refractivity contribution in [3.63, 3.8) is 0 Å². The molecule has 8 rings (SSSR count). The summed E-state index contributed by atoms with van der Waals surface area (Å²) in [6.45, 7) is 20.4. The summed E-state index contributed by atoms with van der Waals surface area (Å²) in [5.41, 5.74) is 15.1. The predicted molar refractivity (Wildman–Crippen MR) is 228 cm³/mol. The van der Waals surface area contributed by atoms with Crippen LogP contribution in [0.25, 0.3) is 44.9 Å². The zero-order chi connectivity index (χ0) is 38.9. The van der Waals surface area contributed by atoms with E-state index in [1.165, 1.54) is 38.9 Å². The van der Waals surface area contributed by atoms with Gasteiger partial charge in [-0.2, -0.15) is 0 Å². The third-order valence-corrected chi connectivity index (χ3v) is 11.3. The van der Waals surface area contributed by atoms with E-state index in [1.54, 1.807) is 6.07 Å². The first-order valence-electron chi connectivity index (χ1n) is 19.4. The Bertz CT molecular complexity index is 2490. The number of hydrogen-bond acceptors (Lipinski definition) is 3. The van der Waals surface area contributed by atoms with E-state index in [0.717, 1.165) is 33.9 Å². The number of fused-ring (bicyclic) bond motifs is 3. The number of phenols is 1. The van der Waals surface area contributed by atoms with Gasteiger partial charge in [-0.1, -0.05) is 141 Å². The summed E-state index contributed by atoms with van der Waals surface area (Å²) >= 11 is 0. The topological polar surface area (TPSA) is 61.8 Å². The fourth-order valence-corrected chi connectivity index (χ4v) is 8.13. The Balaban J connectivity index is 1.38. The van der Waals surface area contributed by atoms with Gasteiger partial charge >= 0.3 is 0 Å². The minimum Gasteiger partial charge on any atom is -0.507 e. The highest BCUT2D eigenvalue weighted by atomic mass is 16.3. The number of pyridine rings is 2. The van der Waals surface area contributed by atoms with Crippen molar-refractivity contribution in [3.05, 3.63) is 173 Å². The van der Waals surface area contributed by atoms with Gasteiger partial charge in [0.2, 0.25) is 0 Å². The molecule has 0 saturated heterocycles. The molecule has 2 N–H and O–H groups in total. The van der Waals surface area contributed by atoms with Gasteiger partial charge in [-0.3, -0.25) is 4.98 Å². The van der Waals surface area contributed by atoms with Gasteiger partial charge < -0.3 is 10.1 Å². The zero-order valence-electron chi connectivity index (χ0n) is 33.5. The summed E-state index contributed by atoms with van der Waals surface area (Å²) in [6.07, 6.45) is 1.96. The third-order valence-electron chi connectivity index (χ3n) is 11.3. The minimum absolute atomic E-state index is 0.0404. The number of rotatable bonds is 5. The first-order chi connectivity index (χ1) is 26.0. The van der Waals surface area contributed by atoms with Crippen LogP contribution < -0.4 is 0 Å². The number of hydrogen-bond donors (Lipinski definition) is 2. The molecule has 0 amide bonds. The minimum atomic E-state index is -0.687. The van der Waals surface area contributed by atoms with E-state index in [1.807, 2.05) is 24.4 Å². The smallest absolute Gasteiger partial charge is 0.124 e. The van der Waals surface area contributed by atoms with Crippen LogP contribution in [0.2, 0.25) is 0 Å². The molecule has 0 unspecified atom stereocenters. The maximum Gasteiger partial charge on any atom is 0.124 e. The van der Waals surface area contributed by atoms with E-state index in [9.17, 15) is 5.11 Å². The van der Waals surface area contributed by atoms with E-state index in [0.29, 0.717) is 11.3 Å². The van der Waals surface area contributed by atoms with Crippen molar-refractivity contribution in [3.8, 4) is 50.6 Å². The first-order valence-corrected chi connectivity index (χ1v) is 19.4. The predicted octanol–water partition coefficient (Wildman–Crippen LogP) is 12.8. The van der Waals surface area contributed by atoms with Crippen molar-refractivity contribution in [2.24, 2.45) is 0 Å². The molecule has 4 nitrogen and oxygen atoms in total. The van der Waals surface area contributed by atoms with Crippen LogP contribution in [0.3, 0.4) is 0 Å². The normalized spacial score (nSPS) is 13.8. The van der Waals surface area contributed by atoms with Crippen LogP contribution >= 0.6 is 0 Å². The van der Waals surface area contributed by atoms with Crippen LogP contribution in [-0.4, -0.2) is 20.1 Å². The molecule has 276 valence electrons. The van der Waals surface area contributed by atoms with Gasteiger partial charge in [0.25, 0.3) is 0 Å². The summed E-state index contributed by atoms with van der Waals surface area (Å²) in [7, 11) is 0. The van der Waals surface area contributed by atoms with Crippen molar-refractivity contribution in [2.75, 3.05) is 0 Å². The number of aromatic nitrogens is 3. The quantitative estimate of drug-likeness (QED) is 0.186. The van der Waals surface area contributed by atoms with Crippen LogP contribution in [0.1, 0.15) is 102 Å². The lowest BCUT2D eigenvalue weighted by Gasteiger charge is -2.32. The standard InChI is InChI=1S/C51H51N3O/c1-48(2,3)34-24-25-52-47(31-34)51(40-19-13-10-16-37(40)38-17-11-14-20-41(38)51)46-23-22-42(54-46)44-29-33(28-43(53-44)39-18-12-15-21-45(39)55)32-26-35(49(4,5)6)30-36(27-32)50(7,8)9/h10-31,54-55H,1-9H3. The summed E-state index contributed by atoms with van der Waals surface area (Å²) in [6, 6.07) is 45.1. The van der Waals surface area contributed by atoms with Gasteiger partial charge in [-0.15, -0.1) is 0 Å². The summed E-state index contributed by atoms with van der Waals surface area (Å²) in [5, 5.41) is 11.1. The first kappa shape index (κ1) is 36.2. The Labute approximate surface area is 326 Å². The number of benzene rings is 4. The Morgan fingerprint density at radius 3 is 1.62 bits per heavy atom. The number of H-pyrrole nitrogens is 1. The molecule has 0 radical (unpaired) electrons. The average Bonchev–Trinajstić information content (AvgIpc) is 3.76. The summed E-state index contributed by atoms with van der Waals surface area (Å²) < 4.78 is 0. The number of aromatic hydroxyl groups is 1. The van der Waals surface area contributed by atoms with E-state index in [-0.39, 0.29) is 22.0 Å². The molecule has 4 aromatic carbocycles. The number of para-hydroxylation sites is 1. The summed E-state index contributed by atoms with van der Waals surface area (Å²) in [4.78, 5) is 14.4. The van der Waals surface area contributed by atoms with Gasteiger partial charge in [0.05, 0.1) is 22.8 Å². The second-order valence-corrected chi connectivity index (χ2v) is 18.2. The van der Waals surface area contributed by atoms with Crippen molar-refractivity contribution in [2.45, 2.75) is 84.0 Å². The molecule has 0 saturated carbocycles. The lowest BCUT2D eigenvalue weighted by molar-refractivity contribution is 0.477. The lowest BCUT2D eigenvalue weighted by atomic mass is 9.71. The monoisotopic (exact) mass is 721 g/mol. The van der Waals surface area contributed by atoms with Crippen molar-refractivity contribution in [1.29, 1.82) is 0 Å². The SMILES string of the molecule is CC(C)(C)c1cc(-c2cc(-c3ccc(C4(c5cc(C(C)(C)C)ccn5)c5ccccc5-c5ccccc54)[nH]3)nc(-c3ccccc3O)c2)cc(C(C)(C)C)c1. The molecule has 0 atom stereocenters. The van der Waals surface area contributed by atoms with Gasteiger partial charge in [0.1, 0.15) is 11.2 Å². The van der Waals surface area contributed by atoms with Crippen LogP contribution in [0, 0.1) is 0 Å². The molecule has 7 aromatic rings. The van der Waals surface area contributed by atoms with E-state index in [4.69, 9.17) is 9.97 Å². The molecule has 1 aliphatic carbocycles. The maximum atomic E-state index is 11.1. The molecule has 0 aliphatic heterocycles. The third kappa shape index (κ3) is 6.28. The highest BCUT2D eigenvalue weighted by Crippen LogP contribution is 2.55. The molecule has 55 heavy (non-hydrogen) atoms. The summed E-state index contributed by atoms with van der Waals surface area (Å²) in [5.74, 6) is 0.201. The van der Waals surface area contributed by atoms with Crippen LogP contribution in [0.15, 0.2) is 134 Å². The van der Waals surface area contributed by atoms with Crippen LogP contribution in [-0.2, 0) is 21.7 Å². The van der Waals surface area contributed by atoms with Crippen LogP contribution in [0.4, 0.5) is 0 Å². The molecule has 0 fully saturated rings. The molecule has 0 spiro atoms. The molecular weight excluding hydrogens is 671 g/mol. The molecule has 0 bridgehead atoms. The van der Waals surface area contributed by atoms with Gasteiger partial charge in [-0.05, 0) is 115 Å². The van der Waals surface area contributed by atoms with Gasteiger partial charge in [0.15, 0.2) is 0 Å². The van der Waals surface area contributed by atoms with Crippen molar-refractivity contribution < 1.29 is 5.11 Å². The average molecular weight is 722 g/mol. The van der Waals surface area contributed by atoms with Crippen molar-refractivity contribution in [1.82, 2.24) is 15.0 Å².